The number of hydrogen-bond acceptors (Lipinski definition) is 2. The second-order valence-corrected chi connectivity index (χ2v) is 6.40. The molecule has 2 rings (SSSR count). The molecule has 2 atom stereocenters. The molecule has 2 fully saturated rings. The van der Waals surface area contributed by atoms with Gasteiger partial charge in [0, 0.05) is 10.5 Å². The van der Waals surface area contributed by atoms with E-state index in [4.69, 9.17) is 0 Å². The maximum atomic E-state index is 2.41. The Bertz CT molecular complexity index is 138. The first-order valence-electron chi connectivity index (χ1n) is 3.93. The first kappa shape index (κ1) is 7.35. The number of hydrogen-bond donors (Lipinski definition) is 0. The van der Waals surface area contributed by atoms with E-state index in [9.17, 15) is 0 Å². The Hall–Kier alpha value is 0.700. The van der Waals surface area contributed by atoms with Crippen molar-refractivity contribution in [3.63, 3.8) is 0 Å². The van der Waals surface area contributed by atoms with Crippen molar-refractivity contribution in [2.24, 2.45) is 5.41 Å². The molecule has 0 nitrogen and oxygen atoms in total. The highest BCUT2D eigenvalue weighted by atomic mass is 32.2. The molecule has 2 heterocycles. The van der Waals surface area contributed by atoms with Crippen LogP contribution >= 0.6 is 23.5 Å². The zero-order valence-electron chi connectivity index (χ0n) is 6.59. The highest BCUT2D eigenvalue weighted by molar-refractivity contribution is 8.05. The van der Waals surface area contributed by atoms with Gasteiger partial charge in [-0.05, 0) is 23.3 Å². The Morgan fingerprint density at radius 3 is 2.10 bits per heavy atom. The Kier molecular flexibility index (Phi) is 1.72. The molecular weight excluding hydrogens is 160 g/mol. The second kappa shape index (κ2) is 2.34. The monoisotopic (exact) mass is 174 g/mol. The smallest absolute Gasteiger partial charge is 0.0225 e. The average Bonchev–Trinajstić information content (AvgIpc) is 1.76. The van der Waals surface area contributed by atoms with Crippen molar-refractivity contribution in [2.45, 2.75) is 30.8 Å². The summed E-state index contributed by atoms with van der Waals surface area (Å²) in [6.45, 7) is 4.82. The largest absolute Gasteiger partial charge is 0.157 e. The molecule has 0 spiro atoms. The minimum absolute atomic E-state index is 0.656. The molecule has 0 aromatic rings. The van der Waals surface area contributed by atoms with Gasteiger partial charge in [0.05, 0.1) is 0 Å². The Balaban J connectivity index is 1.93. The SMILES string of the molecule is CC1(C)CSC1C1CCS1. The van der Waals surface area contributed by atoms with E-state index in [2.05, 4.69) is 37.4 Å². The van der Waals surface area contributed by atoms with Crippen LogP contribution in [0.5, 0.6) is 0 Å². The lowest BCUT2D eigenvalue weighted by atomic mass is 9.87. The van der Waals surface area contributed by atoms with E-state index in [0.29, 0.717) is 5.41 Å². The molecule has 0 aromatic heterocycles. The van der Waals surface area contributed by atoms with Gasteiger partial charge in [0.25, 0.3) is 0 Å². The standard InChI is InChI=1S/C8H14S2/c1-8(2)5-10-7(8)6-3-4-9-6/h6-7H,3-5H2,1-2H3. The van der Waals surface area contributed by atoms with Crippen LogP contribution in [-0.2, 0) is 0 Å². The van der Waals surface area contributed by atoms with Crippen LogP contribution in [0.25, 0.3) is 0 Å². The van der Waals surface area contributed by atoms with Gasteiger partial charge < -0.3 is 0 Å². The van der Waals surface area contributed by atoms with E-state index in [1.807, 2.05) is 0 Å². The summed E-state index contributed by atoms with van der Waals surface area (Å²) in [5.41, 5.74) is 0.656. The van der Waals surface area contributed by atoms with Gasteiger partial charge in [0.15, 0.2) is 0 Å². The van der Waals surface area contributed by atoms with E-state index in [1.165, 1.54) is 17.9 Å². The molecule has 0 aliphatic carbocycles. The predicted molar refractivity (Wildman–Crippen MR) is 50.9 cm³/mol. The Morgan fingerprint density at radius 1 is 1.30 bits per heavy atom. The van der Waals surface area contributed by atoms with Crippen LogP contribution in [0.1, 0.15) is 20.3 Å². The topological polar surface area (TPSA) is 0 Å². The van der Waals surface area contributed by atoms with E-state index in [0.717, 1.165) is 10.5 Å². The summed E-state index contributed by atoms with van der Waals surface area (Å²) in [5, 5.41) is 1.99. The van der Waals surface area contributed by atoms with Crippen LogP contribution < -0.4 is 0 Å². The third-order valence-corrected chi connectivity index (χ3v) is 6.29. The molecule has 2 unspecified atom stereocenters. The molecular formula is C8H14S2. The summed E-state index contributed by atoms with van der Waals surface area (Å²) in [6.07, 6.45) is 1.48. The third kappa shape index (κ3) is 1.00. The molecule has 0 aromatic carbocycles. The van der Waals surface area contributed by atoms with Crippen LogP contribution in [-0.4, -0.2) is 22.0 Å². The first-order valence-corrected chi connectivity index (χ1v) is 6.03. The summed E-state index contributed by atoms with van der Waals surface area (Å²) < 4.78 is 0. The Labute approximate surface area is 71.5 Å². The van der Waals surface area contributed by atoms with E-state index < -0.39 is 0 Å². The van der Waals surface area contributed by atoms with E-state index in [1.54, 1.807) is 0 Å². The van der Waals surface area contributed by atoms with Crippen molar-refractivity contribution in [1.82, 2.24) is 0 Å². The lowest BCUT2D eigenvalue weighted by Gasteiger charge is -2.50. The van der Waals surface area contributed by atoms with E-state index in [-0.39, 0.29) is 0 Å². The van der Waals surface area contributed by atoms with Gasteiger partial charge in [0.1, 0.15) is 0 Å². The molecule has 0 saturated carbocycles. The summed E-state index contributed by atoms with van der Waals surface area (Å²) >= 11 is 4.35. The zero-order valence-corrected chi connectivity index (χ0v) is 8.23. The van der Waals surface area contributed by atoms with E-state index >= 15 is 0 Å². The molecule has 2 aliphatic heterocycles. The highest BCUT2D eigenvalue weighted by Gasteiger charge is 2.46. The van der Waals surface area contributed by atoms with Crippen LogP contribution in [0.4, 0.5) is 0 Å². The minimum Gasteiger partial charge on any atom is -0.157 e. The maximum absolute atomic E-state index is 2.41. The van der Waals surface area contributed by atoms with Crippen molar-refractivity contribution >= 4 is 23.5 Å². The lowest BCUT2D eigenvalue weighted by Crippen LogP contribution is -2.48. The van der Waals surface area contributed by atoms with Crippen molar-refractivity contribution in [3.05, 3.63) is 0 Å². The van der Waals surface area contributed by atoms with Gasteiger partial charge in [-0.2, -0.15) is 23.5 Å². The molecule has 2 saturated heterocycles. The van der Waals surface area contributed by atoms with Crippen LogP contribution in [0, 0.1) is 5.41 Å². The quantitative estimate of drug-likeness (QED) is 0.599. The molecule has 2 aliphatic rings. The van der Waals surface area contributed by atoms with Crippen LogP contribution in [0.15, 0.2) is 0 Å². The summed E-state index contributed by atoms with van der Waals surface area (Å²) in [6, 6.07) is 0. The highest BCUT2D eigenvalue weighted by Crippen LogP contribution is 2.53. The minimum atomic E-state index is 0.656. The van der Waals surface area contributed by atoms with Gasteiger partial charge in [-0.25, -0.2) is 0 Å². The van der Waals surface area contributed by atoms with Crippen molar-refractivity contribution in [2.75, 3.05) is 11.5 Å². The molecule has 0 bridgehead atoms. The zero-order chi connectivity index (χ0) is 7.19. The molecule has 2 heteroatoms. The van der Waals surface area contributed by atoms with Crippen molar-refractivity contribution < 1.29 is 0 Å². The van der Waals surface area contributed by atoms with Crippen molar-refractivity contribution in [3.8, 4) is 0 Å². The molecule has 0 N–H and O–H groups in total. The second-order valence-electron chi connectivity index (χ2n) is 3.92. The fourth-order valence-electron chi connectivity index (χ4n) is 1.62. The predicted octanol–water partition coefficient (Wildman–Crippen LogP) is 2.63. The lowest BCUT2D eigenvalue weighted by molar-refractivity contribution is 0.355. The number of thioether (sulfide) groups is 2. The number of rotatable bonds is 1. The molecule has 58 valence electrons. The molecule has 0 radical (unpaired) electrons. The van der Waals surface area contributed by atoms with Gasteiger partial charge in [0.2, 0.25) is 0 Å². The van der Waals surface area contributed by atoms with Crippen LogP contribution in [0.3, 0.4) is 0 Å². The van der Waals surface area contributed by atoms with Gasteiger partial charge >= 0.3 is 0 Å². The fourth-order valence-corrected chi connectivity index (χ4v) is 4.52. The third-order valence-electron chi connectivity index (χ3n) is 2.48. The normalized spacial score (nSPS) is 43.8. The van der Waals surface area contributed by atoms with Crippen molar-refractivity contribution in [1.29, 1.82) is 0 Å². The summed E-state index contributed by atoms with van der Waals surface area (Å²) in [7, 11) is 0. The van der Waals surface area contributed by atoms with Crippen LogP contribution in [0.2, 0.25) is 0 Å². The fraction of sp³-hybridized carbons (Fsp3) is 1.00. The summed E-state index contributed by atoms with van der Waals surface area (Å²) in [4.78, 5) is 0. The van der Waals surface area contributed by atoms with Gasteiger partial charge in [-0.1, -0.05) is 13.8 Å². The molecule has 10 heavy (non-hydrogen) atoms. The average molecular weight is 174 g/mol. The summed E-state index contributed by atoms with van der Waals surface area (Å²) in [5.74, 6) is 2.80. The first-order chi connectivity index (χ1) is 4.70. The Morgan fingerprint density at radius 2 is 2.00 bits per heavy atom. The molecule has 0 amide bonds. The van der Waals surface area contributed by atoms with Gasteiger partial charge in [-0.3, -0.25) is 0 Å². The van der Waals surface area contributed by atoms with Gasteiger partial charge in [-0.15, -0.1) is 0 Å². The maximum Gasteiger partial charge on any atom is 0.0225 e.